The van der Waals surface area contributed by atoms with Crippen LogP contribution in [-0.4, -0.2) is 32.7 Å². The number of rotatable bonds is 4. The number of carbonyl (C=O) groups is 2. The first-order valence-corrected chi connectivity index (χ1v) is 11.3. The fraction of sp³-hybridized carbons (Fsp3) is 0.125. The Hall–Kier alpha value is -3.56. The van der Waals surface area contributed by atoms with E-state index in [2.05, 4.69) is 0 Å². The van der Waals surface area contributed by atoms with Crippen LogP contribution in [0.5, 0.6) is 11.5 Å². The Morgan fingerprint density at radius 1 is 1.06 bits per heavy atom. The largest absolute Gasteiger partial charge is 0.478 e. The highest BCUT2D eigenvalue weighted by Crippen LogP contribution is 2.41. The molecule has 166 valence electrons. The summed E-state index contributed by atoms with van der Waals surface area (Å²) < 4.78 is 13.2. The van der Waals surface area contributed by atoms with E-state index in [-0.39, 0.29) is 18.3 Å². The first-order valence-electron chi connectivity index (χ1n) is 10.0. The maximum Gasteiger partial charge on any atom is 0.335 e. The van der Waals surface area contributed by atoms with E-state index < -0.39 is 5.97 Å². The molecule has 2 aliphatic heterocycles. The SMILES string of the molecule is Cc1cc(/C=C2/SC(=S)N(c3ccc4c(c3)OCO4)C2=O)c(C)n1-c1ccc(C(=O)O)cc1. The predicted molar refractivity (Wildman–Crippen MR) is 130 cm³/mol. The molecule has 0 saturated carbocycles. The molecule has 0 aliphatic carbocycles. The molecule has 1 aromatic heterocycles. The van der Waals surface area contributed by atoms with Gasteiger partial charge in [-0.25, -0.2) is 4.79 Å². The second-order valence-corrected chi connectivity index (χ2v) is 9.24. The maximum atomic E-state index is 13.2. The lowest BCUT2D eigenvalue weighted by atomic mass is 10.2. The number of anilines is 1. The number of thiocarbonyl (C=S) groups is 1. The van der Waals surface area contributed by atoms with Crippen molar-refractivity contribution in [3.8, 4) is 17.2 Å². The molecule has 1 saturated heterocycles. The molecule has 33 heavy (non-hydrogen) atoms. The number of aryl methyl sites for hydroxylation is 1. The van der Waals surface area contributed by atoms with Crippen molar-refractivity contribution in [2.75, 3.05) is 11.7 Å². The Bertz CT molecular complexity index is 1360. The number of hydrogen-bond donors (Lipinski definition) is 1. The summed E-state index contributed by atoms with van der Waals surface area (Å²) in [6, 6.07) is 14.0. The molecule has 7 nitrogen and oxygen atoms in total. The van der Waals surface area contributed by atoms with Crippen LogP contribution in [0.15, 0.2) is 53.4 Å². The van der Waals surface area contributed by atoms with Crippen LogP contribution >= 0.6 is 24.0 Å². The topological polar surface area (TPSA) is 81.0 Å². The van der Waals surface area contributed by atoms with Crippen LogP contribution in [-0.2, 0) is 4.79 Å². The smallest absolute Gasteiger partial charge is 0.335 e. The van der Waals surface area contributed by atoms with E-state index in [0.29, 0.717) is 26.4 Å². The minimum Gasteiger partial charge on any atom is -0.478 e. The van der Waals surface area contributed by atoms with Crippen molar-refractivity contribution in [3.63, 3.8) is 0 Å². The zero-order valence-electron chi connectivity index (χ0n) is 17.7. The second-order valence-electron chi connectivity index (χ2n) is 7.57. The number of carbonyl (C=O) groups excluding carboxylic acids is 1. The summed E-state index contributed by atoms with van der Waals surface area (Å²) in [5, 5.41) is 9.14. The molecule has 0 atom stereocenters. The Labute approximate surface area is 199 Å². The molecule has 0 spiro atoms. The number of ether oxygens (including phenoxy) is 2. The average Bonchev–Trinajstić information content (AvgIpc) is 3.44. The number of benzene rings is 2. The van der Waals surface area contributed by atoms with Gasteiger partial charge in [-0.2, -0.15) is 0 Å². The maximum absolute atomic E-state index is 13.2. The fourth-order valence-corrected chi connectivity index (χ4v) is 5.23. The Kier molecular flexibility index (Phi) is 5.22. The van der Waals surface area contributed by atoms with Crippen molar-refractivity contribution < 1.29 is 24.2 Å². The molecule has 2 aromatic carbocycles. The monoisotopic (exact) mass is 478 g/mol. The van der Waals surface area contributed by atoms with Gasteiger partial charge in [0.15, 0.2) is 15.8 Å². The average molecular weight is 479 g/mol. The summed E-state index contributed by atoms with van der Waals surface area (Å²) in [5.41, 5.74) is 4.50. The van der Waals surface area contributed by atoms with Crippen LogP contribution in [0.2, 0.25) is 0 Å². The number of aromatic nitrogens is 1. The molecule has 1 fully saturated rings. The summed E-state index contributed by atoms with van der Waals surface area (Å²) in [5.74, 6) is 0.0682. The first kappa shape index (κ1) is 21.3. The molecule has 1 amide bonds. The second kappa shape index (κ2) is 8.09. The number of carboxylic acids is 1. The van der Waals surface area contributed by atoms with Gasteiger partial charge in [-0.1, -0.05) is 24.0 Å². The van der Waals surface area contributed by atoms with Gasteiger partial charge in [0, 0.05) is 23.1 Å². The van der Waals surface area contributed by atoms with Crippen LogP contribution in [0.3, 0.4) is 0 Å². The van der Waals surface area contributed by atoms with Crippen LogP contribution in [0.4, 0.5) is 5.69 Å². The molecule has 3 heterocycles. The normalized spacial score (nSPS) is 16.2. The number of fused-ring (bicyclic) bond motifs is 1. The van der Waals surface area contributed by atoms with E-state index in [9.17, 15) is 9.59 Å². The Balaban J connectivity index is 1.46. The Morgan fingerprint density at radius 2 is 1.76 bits per heavy atom. The highest BCUT2D eigenvalue weighted by atomic mass is 32.2. The lowest BCUT2D eigenvalue weighted by Gasteiger charge is -2.14. The number of thioether (sulfide) groups is 1. The molecule has 0 unspecified atom stereocenters. The van der Waals surface area contributed by atoms with Crippen molar-refractivity contribution in [2.45, 2.75) is 13.8 Å². The molecule has 2 aliphatic rings. The van der Waals surface area contributed by atoms with Gasteiger partial charge < -0.3 is 19.1 Å². The number of carboxylic acid groups (broad SMARTS) is 1. The molecule has 9 heteroatoms. The van der Waals surface area contributed by atoms with Gasteiger partial charge in [0.25, 0.3) is 5.91 Å². The van der Waals surface area contributed by atoms with E-state index in [4.69, 9.17) is 26.8 Å². The van der Waals surface area contributed by atoms with E-state index in [1.807, 2.05) is 30.6 Å². The highest BCUT2D eigenvalue weighted by molar-refractivity contribution is 8.27. The molecule has 5 rings (SSSR count). The molecular formula is C24H18N2O5S2. The van der Waals surface area contributed by atoms with Crippen LogP contribution in [0.1, 0.15) is 27.3 Å². The van der Waals surface area contributed by atoms with Gasteiger partial charge >= 0.3 is 5.97 Å². The fourth-order valence-electron chi connectivity index (χ4n) is 3.94. The summed E-state index contributed by atoms with van der Waals surface area (Å²) in [6.45, 7) is 4.08. The van der Waals surface area contributed by atoms with Gasteiger partial charge in [0.2, 0.25) is 6.79 Å². The van der Waals surface area contributed by atoms with Crippen LogP contribution in [0.25, 0.3) is 11.8 Å². The molecule has 0 radical (unpaired) electrons. The number of nitrogens with zero attached hydrogens (tertiary/aromatic N) is 2. The standard InChI is InChI=1S/C24H18N2O5S2/c1-13-9-16(14(2)25(13)17-5-3-15(4-6-17)23(28)29)10-21-22(27)26(24(32)33-21)18-7-8-19-20(11-18)31-12-30-19/h3-11H,12H2,1-2H3,(H,28,29)/b21-10+. The minimum atomic E-state index is -0.965. The van der Waals surface area contributed by atoms with E-state index in [0.717, 1.165) is 22.6 Å². The lowest BCUT2D eigenvalue weighted by molar-refractivity contribution is -0.113. The number of amides is 1. The third-order valence-electron chi connectivity index (χ3n) is 5.54. The van der Waals surface area contributed by atoms with Gasteiger partial charge in [0.05, 0.1) is 16.2 Å². The number of aromatic carboxylic acids is 1. The number of hydrogen-bond acceptors (Lipinski definition) is 6. The van der Waals surface area contributed by atoms with Gasteiger partial charge in [-0.05, 0) is 68.0 Å². The lowest BCUT2D eigenvalue weighted by Crippen LogP contribution is -2.27. The van der Waals surface area contributed by atoms with E-state index >= 15 is 0 Å². The van der Waals surface area contributed by atoms with Gasteiger partial charge in [-0.3, -0.25) is 9.69 Å². The Morgan fingerprint density at radius 3 is 2.48 bits per heavy atom. The van der Waals surface area contributed by atoms with Gasteiger partial charge in [-0.15, -0.1) is 0 Å². The predicted octanol–water partition coefficient (Wildman–Crippen LogP) is 4.93. The van der Waals surface area contributed by atoms with Crippen molar-refractivity contribution in [2.24, 2.45) is 0 Å². The zero-order valence-corrected chi connectivity index (χ0v) is 19.3. The van der Waals surface area contributed by atoms with Crippen LogP contribution in [0, 0.1) is 13.8 Å². The molecule has 3 aromatic rings. The van der Waals surface area contributed by atoms with Crippen molar-refractivity contribution in [3.05, 3.63) is 76.0 Å². The quantitative estimate of drug-likeness (QED) is 0.421. The first-order chi connectivity index (χ1) is 15.8. The van der Waals surface area contributed by atoms with Crippen LogP contribution < -0.4 is 14.4 Å². The highest BCUT2D eigenvalue weighted by Gasteiger charge is 2.34. The third kappa shape index (κ3) is 3.69. The molecular weight excluding hydrogens is 460 g/mol. The summed E-state index contributed by atoms with van der Waals surface area (Å²) in [4.78, 5) is 26.4. The van der Waals surface area contributed by atoms with Crippen molar-refractivity contribution in [1.82, 2.24) is 4.57 Å². The molecule has 1 N–H and O–H groups in total. The van der Waals surface area contributed by atoms with Crippen molar-refractivity contribution >= 4 is 51.9 Å². The zero-order chi connectivity index (χ0) is 23.3. The van der Waals surface area contributed by atoms with E-state index in [1.165, 1.54) is 16.7 Å². The minimum absolute atomic E-state index is 0.158. The van der Waals surface area contributed by atoms with Crippen molar-refractivity contribution in [1.29, 1.82) is 0 Å². The molecule has 0 bridgehead atoms. The van der Waals surface area contributed by atoms with E-state index in [1.54, 1.807) is 42.5 Å². The third-order valence-corrected chi connectivity index (χ3v) is 6.84. The summed E-state index contributed by atoms with van der Waals surface area (Å²) >= 11 is 6.75. The summed E-state index contributed by atoms with van der Waals surface area (Å²) in [7, 11) is 0. The van der Waals surface area contributed by atoms with Gasteiger partial charge in [0.1, 0.15) is 0 Å². The summed E-state index contributed by atoms with van der Waals surface area (Å²) in [6.07, 6.45) is 1.84.